The van der Waals surface area contributed by atoms with E-state index in [9.17, 15) is 19.7 Å². The van der Waals surface area contributed by atoms with Crippen molar-refractivity contribution in [3.05, 3.63) is 93.6 Å². The maximum atomic E-state index is 12.9. The minimum absolute atomic E-state index is 0.00251. The Morgan fingerprint density at radius 2 is 1.80 bits per heavy atom. The molecule has 9 nitrogen and oxygen atoms in total. The molecule has 1 aromatic heterocycles. The van der Waals surface area contributed by atoms with Crippen molar-refractivity contribution in [3.8, 4) is 0 Å². The number of hydrogen-bond acceptors (Lipinski definition) is 7. The van der Waals surface area contributed by atoms with Crippen molar-refractivity contribution >= 4 is 23.3 Å². The molecule has 0 saturated carbocycles. The molecule has 3 aromatic rings. The van der Waals surface area contributed by atoms with Gasteiger partial charge in [0, 0.05) is 17.8 Å². The Labute approximate surface area is 171 Å². The molecule has 0 spiro atoms. The van der Waals surface area contributed by atoms with Crippen LogP contribution in [0.3, 0.4) is 0 Å². The monoisotopic (exact) mass is 406 g/mol. The normalized spacial score (nSPS) is 11.4. The SMILES string of the molecule is Cc1ccc(NC(=O)[C@H](OC(=O)c2cnc(C)cn2)c2ccccc2)c([N+](=O)[O-])c1. The summed E-state index contributed by atoms with van der Waals surface area (Å²) in [6.45, 7) is 3.42. The van der Waals surface area contributed by atoms with Gasteiger partial charge in [-0.05, 0) is 25.5 Å². The Kier molecular flexibility index (Phi) is 6.11. The van der Waals surface area contributed by atoms with Crippen molar-refractivity contribution < 1.29 is 19.2 Å². The lowest BCUT2D eigenvalue weighted by Gasteiger charge is -2.18. The molecule has 0 aliphatic carbocycles. The lowest BCUT2D eigenvalue weighted by molar-refractivity contribution is -0.384. The number of amides is 1. The highest BCUT2D eigenvalue weighted by Gasteiger charge is 2.28. The maximum absolute atomic E-state index is 12.9. The number of nitro groups is 1. The Balaban J connectivity index is 1.89. The molecule has 1 amide bonds. The summed E-state index contributed by atoms with van der Waals surface area (Å²) >= 11 is 0. The van der Waals surface area contributed by atoms with Crippen molar-refractivity contribution in [2.75, 3.05) is 5.32 Å². The molecule has 1 N–H and O–H groups in total. The first-order valence-corrected chi connectivity index (χ1v) is 8.95. The Morgan fingerprint density at radius 1 is 1.07 bits per heavy atom. The predicted molar refractivity (Wildman–Crippen MR) is 108 cm³/mol. The Bertz CT molecular complexity index is 1080. The number of benzene rings is 2. The van der Waals surface area contributed by atoms with Crippen LogP contribution in [0.15, 0.2) is 60.9 Å². The van der Waals surface area contributed by atoms with Crippen LogP contribution >= 0.6 is 0 Å². The van der Waals surface area contributed by atoms with Crippen LogP contribution in [0.2, 0.25) is 0 Å². The van der Waals surface area contributed by atoms with Crippen LogP contribution in [0.25, 0.3) is 0 Å². The maximum Gasteiger partial charge on any atom is 0.359 e. The molecule has 152 valence electrons. The Hall–Kier alpha value is -4.14. The number of aromatic nitrogens is 2. The first kappa shape index (κ1) is 20.6. The zero-order valence-electron chi connectivity index (χ0n) is 16.2. The fourth-order valence-electron chi connectivity index (χ4n) is 2.66. The van der Waals surface area contributed by atoms with Gasteiger partial charge in [-0.25, -0.2) is 9.78 Å². The zero-order valence-corrected chi connectivity index (χ0v) is 16.2. The number of esters is 1. The molecular weight excluding hydrogens is 388 g/mol. The van der Waals surface area contributed by atoms with E-state index in [0.717, 1.165) is 0 Å². The summed E-state index contributed by atoms with van der Waals surface area (Å²) in [6.07, 6.45) is 1.31. The quantitative estimate of drug-likeness (QED) is 0.377. The van der Waals surface area contributed by atoms with E-state index in [1.165, 1.54) is 24.5 Å². The average molecular weight is 406 g/mol. The summed E-state index contributed by atoms with van der Waals surface area (Å²) in [4.78, 5) is 44.2. The van der Waals surface area contributed by atoms with Crippen molar-refractivity contribution in [2.24, 2.45) is 0 Å². The van der Waals surface area contributed by atoms with E-state index in [0.29, 0.717) is 16.8 Å². The Morgan fingerprint density at radius 3 is 2.43 bits per heavy atom. The molecule has 0 radical (unpaired) electrons. The van der Waals surface area contributed by atoms with E-state index in [4.69, 9.17) is 4.74 Å². The molecule has 0 unspecified atom stereocenters. The van der Waals surface area contributed by atoms with E-state index in [1.807, 2.05) is 0 Å². The van der Waals surface area contributed by atoms with Crippen LogP contribution in [-0.4, -0.2) is 26.8 Å². The number of nitro benzene ring substituents is 1. The van der Waals surface area contributed by atoms with E-state index in [-0.39, 0.29) is 17.1 Å². The number of carbonyl (C=O) groups excluding carboxylic acids is 2. The van der Waals surface area contributed by atoms with Crippen LogP contribution in [0.4, 0.5) is 11.4 Å². The molecule has 2 aromatic carbocycles. The number of carbonyl (C=O) groups is 2. The number of ether oxygens (including phenoxy) is 1. The van der Waals surface area contributed by atoms with Crippen molar-refractivity contribution in [1.82, 2.24) is 9.97 Å². The van der Waals surface area contributed by atoms with E-state index >= 15 is 0 Å². The molecule has 3 rings (SSSR count). The van der Waals surface area contributed by atoms with Gasteiger partial charge >= 0.3 is 5.97 Å². The van der Waals surface area contributed by atoms with Crippen LogP contribution < -0.4 is 5.32 Å². The van der Waals surface area contributed by atoms with Gasteiger partial charge in [-0.1, -0.05) is 36.4 Å². The molecule has 0 saturated heterocycles. The van der Waals surface area contributed by atoms with E-state index in [2.05, 4.69) is 15.3 Å². The van der Waals surface area contributed by atoms with Gasteiger partial charge in [0.1, 0.15) is 5.69 Å². The third-order valence-electron chi connectivity index (χ3n) is 4.16. The second kappa shape index (κ2) is 8.91. The third-order valence-corrected chi connectivity index (χ3v) is 4.16. The second-order valence-electron chi connectivity index (χ2n) is 6.51. The molecule has 1 atom stereocenters. The predicted octanol–water partition coefficient (Wildman–Crippen LogP) is 3.54. The lowest BCUT2D eigenvalue weighted by Crippen LogP contribution is -2.26. The summed E-state index contributed by atoms with van der Waals surface area (Å²) in [5.41, 5.74) is 1.38. The summed E-state index contributed by atoms with van der Waals surface area (Å²) in [5.74, 6) is -1.58. The molecule has 30 heavy (non-hydrogen) atoms. The number of rotatable bonds is 6. The van der Waals surface area contributed by atoms with Gasteiger partial charge in [0.05, 0.1) is 16.8 Å². The minimum Gasteiger partial charge on any atom is -0.443 e. The van der Waals surface area contributed by atoms with Crippen molar-refractivity contribution in [3.63, 3.8) is 0 Å². The number of aryl methyl sites for hydroxylation is 2. The first-order chi connectivity index (χ1) is 14.3. The molecule has 0 aliphatic rings. The fourth-order valence-corrected chi connectivity index (χ4v) is 2.66. The summed E-state index contributed by atoms with van der Waals surface area (Å²) in [5, 5.41) is 13.8. The molecule has 0 bridgehead atoms. The van der Waals surface area contributed by atoms with Crippen LogP contribution in [0, 0.1) is 24.0 Å². The summed E-state index contributed by atoms with van der Waals surface area (Å²) < 4.78 is 5.40. The third kappa shape index (κ3) is 4.82. The molecule has 1 heterocycles. The topological polar surface area (TPSA) is 124 Å². The average Bonchev–Trinajstić information content (AvgIpc) is 2.74. The van der Waals surface area contributed by atoms with Gasteiger partial charge in [-0.15, -0.1) is 0 Å². The number of anilines is 1. The van der Waals surface area contributed by atoms with Crippen molar-refractivity contribution in [1.29, 1.82) is 0 Å². The van der Waals surface area contributed by atoms with Gasteiger partial charge in [0.25, 0.3) is 11.6 Å². The van der Waals surface area contributed by atoms with Gasteiger partial charge < -0.3 is 10.1 Å². The summed E-state index contributed by atoms with van der Waals surface area (Å²) in [6, 6.07) is 12.8. The highest BCUT2D eigenvalue weighted by Crippen LogP contribution is 2.28. The van der Waals surface area contributed by atoms with Gasteiger partial charge in [0.15, 0.2) is 5.69 Å². The van der Waals surface area contributed by atoms with Crippen LogP contribution in [-0.2, 0) is 9.53 Å². The van der Waals surface area contributed by atoms with Gasteiger partial charge in [-0.2, -0.15) is 0 Å². The number of hydrogen-bond donors (Lipinski definition) is 1. The first-order valence-electron chi connectivity index (χ1n) is 8.95. The van der Waals surface area contributed by atoms with Crippen molar-refractivity contribution in [2.45, 2.75) is 20.0 Å². The van der Waals surface area contributed by atoms with Crippen LogP contribution in [0.1, 0.15) is 33.4 Å². The highest BCUT2D eigenvalue weighted by molar-refractivity contribution is 5.99. The lowest BCUT2D eigenvalue weighted by atomic mass is 10.1. The van der Waals surface area contributed by atoms with Crippen LogP contribution in [0.5, 0.6) is 0 Å². The second-order valence-corrected chi connectivity index (χ2v) is 6.51. The molecule has 9 heteroatoms. The largest absolute Gasteiger partial charge is 0.443 e. The highest BCUT2D eigenvalue weighted by atomic mass is 16.6. The summed E-state index contributed by atoms with van der Waals surface area (Å²) in [7, 11) is 0. The van der Waals surface area contributed by atoms with E-state index in [1.54, 1.807) is 50.2 Å². The zero-order chi connectivity index (χ0) is 21.7. The smallest absolute Gasteiger partial charge is 0.359 e. The standard InChI is InChI=1S/C21H18N4O5/c1-13-8-9-16(18(10-13)25(28)29)24-20(26)19(15-6-4-3-5-7-15)30-21(27)17-12-22-14(2)11-23-17/h3-12,19H,1-2H3,(H,24,26)/t19-/m1/s1. The molecular formula is C21H18N4O5. The van der Waals surface area contributed by atoms with Gasteiger partial charge in [-0.3, -0.25) is 19.9 Å². The molecule has 0 aliphatic heterocycles. The van der Waals surface area contributed by atoms with E-state index < -0.39 is 22.9 Å². The number of nitrogens with one attached hydrogen (secondary N) is 1. The fraction of sp³-hybridized carbons (Fsp3) is 0.143. The molecule has 0 fully saturated rings. The number of nitrogens with zero attached hydrogens (tertiary/aromatic N) is 3. The van der Waals surface area contributed by atoms with Gasteiger partial charge in [0.2, 0.25) is 6.10 Å². The minimum atomic E-state index is -1.34.